The fraction of sp³-hybridized carbons (Fsp3) is 0.250. The molecule has 4 heteroatoms. The number of fused-ring (bicyclic) bond motifs is 1. The molecule has 0 spiro atoms. The van der Waals surface area contributed by atoms with Crippen LogP contribution < -0.4 is 0 Å². The van der Waals surface area contributed by atoms with Crippen LogP contribution in [0.1, 0.15) is 26.3 Å². The smallest absolute Gasteiger partial charge is 0.154 e. The monoisotopic (exact) mass is 329 g/mol. The van der Waals surface area contributed by atoms with Crippen molar-refractivity contribution in [2.45, 2.75) is 26.2 Å². The van der Waals surface area contributed by atoms with E-state index in [4.69, 9.17) is 0 Å². The first-order chi connectivity index (χ1) is 9.43. The first kappa shape index (κ1) is 13.3. The standard InChI is InChI=1S/C16H16BrN3/c1-16(2,3)12-6-4-11(5-7-12)13-10-20-15(18-13)9-8-14(17)19-20/h4-10H,1-3H3. The maximum atomic E-state index is 4.60. The van der Waals surface area contributed by atoms with Crippen molar-refractivity contribution in [3.63, 3.8) is 0 Å². The summed E-state index contributed by atoms with van der Waals surface area (Å²) in [5.41, 5.74) is 4.40. The molecule has 0 saturated heterocycles. The Bertz CT molecular complexity index is 751. The van der Waals surface area contributed by atoms with E-state index in [9.17, 15) is 0 Å². The molecule has 0 amide bonds. The van der Waals surface area contributed by atoms with Crippen LogP contribution in [0.4, 0.5) is 0 Å². The molecule has 3 aromatic rings. The van der Waals surface area contributed by atoms with Gasteiger partial charge in [0.2, 0.25) is 0 Å². The number of halogens is 1. The van der Waals surface area contributed by atoms with Crippen molar-refractivity contribution in [1.82, 2.24) is 14.6 Å². The van der Waals surface area contributed by atoms with Crippen LogP contribution >= 0.6 is 15.9 Å². The first-order valence-electron chi connectivity index (χ1n) is 6.56. The number of hydrogen-bond acceptors (Lipinski definition) is 2. The molecule has 0 N–H and O–H groups in total. The Morgan fingerprint density at radius 2 is 1.70 bits per heavy atom. The lowest BCUT2D eigenvalue weighted by molar-refractivity contribution is 0.590. The van der Waals surface area contributed by atoms with Gasteiger partial charge < -0.3 is 0 Å². The van der Waals surface area contributed by atoms with E-state index in [0.717, 1.165) is 21.5 Å². The molecule has 0 aliphatic rings. The van der Waals surface area contributed by atoms with Crippen molar-refractivity contribution >= 4 is 21.6 Å². The summed E-state index contributed by atoms with van der Waals surface area (Å²) in [6.07, 6.45) is 1.95. The normalized spacial score (nSPS) is 12.0. The topological polar surface area (TPSA) is 30.2 Å². The summed E-state index contributed by atoms with van der Waals surface area (Å²) in [6.45, 7) is 6.65. The summed E-state index contributed by atoms with van der Waals surface area (Å²) in [5.74, 6) is 0. The van der Waals surface area contributed by atoms with Gasteiger partial charge in [-0.1, -0.05) is 45.0 Å². The van der Waals surface area contributed by atoms with E-state index in [1.54, 1.807) is 4.52 Å². The number of nitrogens with zero attached hydrogens (tertiary/aromatic N) is 3. The van der Waals surface area contributed by atoms with Gasteiger partial charge in [0, 0.05) is 5.56 Å². The Morgan fingerprint density at radius 3 is 2.35 bits per heavy atom. The minimum atomic E-state index is 0.170. The molecule has 0 bridgehead atoms. The molecule has 1 aromatic carbocycles. The zero-order valence-corrected chi connectivity index (χ0v) is 13.3. The third kappa shape index (κ3) is 2.48. The summed E-state index contributed by atoms with van der Waals surface area (Å²) in [6, 6.07) is 12.4. The minimum Gasteiger partial charge on any atom is -0.227 e. The van der Waals surface area contributed by atoms with Crippen molar-refractivity contribution in [2.24, 2.45) is 0 Å². The van der Waals surface area contributed by atoms with E-state index in [-0.39, 0.29) is 5.41 Å². The molecule has 0 fully saturated rings. The van der Waals surface area contributed by atoms with E-state index in [1.807, 2.05) is 18.3 Å². The average Bonchev–Trinajstić information content (AvgIpc) is 2.80. The molecular weight excluding hydrogens is 314 g/mol. The zero-order chi connectivity index (χ0) is 14.3. The van der Waals surface area contributed by atoms with Crippen molar-refractivity contribution in [3.8, 4) is 11.3 Å². The van der Waals surface area contributed by atoms with E-state index in [1.165, 1.54) is 5.56 Å². The van der Waals surface area contributed by atoms with E-state index in [0.29, 0.717) is 0 Å². The van der Waals surface area contributed by atoms with E-state index in [2.05, 4.69) is 71.0 Å². The second kappa shape index (κ2) is 4.70. The summed E-state index contributed by atoms with van der Waals surface area (Å²) in [4.78, 5) is 4.60. The molecule has 0 atom stereocenters. The highest BCUT2D eigenvalue weighted by Crippen LogP contribution is 2.26. The number of rotatable bonds is 1. The molecular formula is C16H16BrN3. The first-order valence-corrected chi connectivity index (χ1v) is 7.36. The van der Waals surface area contributed by atoms with Crippen molar-refractivity contribution < 1.29 is 0 Å². The minimum absolute atomic E-state index is 0.170. The van der Waals surface area contributed by atoms with E-state index < -0.39 is 0 Å². The summed E-state index contributed by atoms with van der Waals surface area (Å²) < 4.78 is 2.59. The largest absolute Gasteiger partial charge is 0.227 e. The Balaban J connectivity index is 2.02. The molecule has 0 aliphatic carbocycles. The van der Waals surface area contributed by atoms with Crippen LogP contribution in [0.5, 0.6) is 0 Å². The molecule has 2 aromatic heterocycles. The molecule has 102 valence electrons. The SMILES string of the molecule is CC(C)(C)c1ccc(-c2cn3nc(Br)ccc3n2)cc1. The highest BCUT2D eigenvalue weighted by atomic mass is 79.9. The lowest BCUT2D eigenvalue weighted by Gasteiger charge is -2.18. The van der Waals surface area contributed by atoms with Gasteiger partial charge in [-0.3, -0.25) is 0 Å². The predicted octanol–water partition coefficient (Wildman–Crippen LogP) is 4.46. The van der Waals surface area contributed by atoms with Gasteiger partial charge in [0.25, 0.3) is 0 Å². The Kier molecular flexibility index (Phi) is 3.13. The fourth-order valence-electron chi connectivity index (χ4n) is 2.14. The maximum absolute atomic E-state index is 4.60. The van der Waals surface area contributed by atoms with Gasteiger partial charge in [-0.05, 0) is 39.0 Å². The number of aromatic nitrogens is 3. The highest BCUT2D eigenvalue weighted by molar-refractivity contribution is 9.10. The summed E-state index contributed by atoms with van der Waals surface area (Å²) >= 11 is 3.37. The lowest BCUT2D eigenvalue weighted by Crippen LogP contribution is -2.10. The van der Waals surface area contributed by atoms with Gasteiger partial charge in [0.05, 0.1) is 11.9 Å². The van der Waals surface area contributed by atoms with Gasteiger partial charge in [-0.25, -0.2) is 9.50 Å². The van der Waals surface area contributed by atoms with Gasteiger partial charge in [-0.15, -0.1) is 0 Å². The van der Waals surface area contributed by atoms with Crippen molar-refractivity contribution in [1.29, 1.82) is 0 Å². The third-order valence-corrected chi connectivity index (χ3v) is 3.76. The summed E-state index contributed by atoms with van der Waals surface area (Å²) in [7, 11) is 0. The van der Waals surface area contributed by atoms with Crippen LogP contribution in [0.15, 0.2) is 47.2 Å². The van der Waals surface area contributed by atoms with Crippen LogP contribution in [0, 0.1) is 0 Å². The third-order valence-electron chi connectivity index (χ3n) is 3.33. The number of benzene rings is 1. The molecule has 0 aliphatic heterocycles. The van der Waals surface area contributed by atoms with Crippen molar-refractivity contribution in [3.05, 3.63) is 52.8 Å². The second-order valence-electron chi connectivity index (χ2n) is 5.91. The van der Waals surface area contributed by atoms with Gasteiger partial charge in [-0.2, -0.15) is 5.10 Å². The van der Waals surface area contributed by atoms with Crippen molar-refractivity contribution in [2.75, 3.05) is 0 Å². The van der Waals surface area contributed by atoms with Crippen LogP contribution in [-0.2, 0) is 5.41 Å². The highest BCUT2D eigenvalue weighted by Gasteiger charge is 2.13. The fourth-order valence-corrected chi connectivity index (χ4v) is 2.44. The molecule has 0 saturated carbocycles. The molecule has 2 heterocycles. The molecule has 0 unspecified atom stereocenters. The summed E-state index contributed by atoms with van der Waals surface area (Å²) in [5, 5.41) is 4.35. The lowest BCUT2D eigenvalue weighted by atomic mass is 9.86. The van der Waals surface area contributed by atoms with Gasteiger partial charge >= 0.3 is 0 Å². The van der Waals surface area contributed by atoms with Crippen LogP contribution in [0.3, 0.4) is 0 Å². The van der Waals surface area contributed by atoms with Gasteiger partial charge in [0.15, 0.2) is 5.65 Å². The molecule has 3 nitrogen and oxygen atoms in total. The predicted molar refractivity (Wildman–Crippen MR) is 84.8 cm³/mol. The van der Waals surface area contributed by atoms with Gasteiger partial charge in [0.1, 0.15) is 4.60 Å². The molecule has 20 heavy (non-hydrogen) atoms. The Hall–Kier alpha value is -1.68. The Labute approximate surface area is 126 Å². The average molecular weight is 330 g/mol. The second-order valence-corrected chi connectivity index (χ2v) is 6.72. The maximum Gasteiger partial charge on any atom is 0.154 e. The number of hydrogen-bond donors (Lipinski definition) is 0. The molecule has 0 radical (unpaired) electrons. The van der Waals surface area contributed by atoms with Crippen LogP contribution in [0.2, 0.25) is 0 Å². The Morgan fingerprint density at radius 1 is 1.00 bits per heavy atom. The number of imidazole rings is 1. The zero-order valence-electron chi connectivity index (χ0n) is 11.8. The van der Waals surface area contributed by atoms with E-state index >= 15 is 0 Å². The van der Waals surface area contributed by atoms with Crippen LogP contribution in [0.25, 0.3) is 16.9 Å². The quantitative estimate of drug-likeness (QED) is 0.660. The van der Waals surface area contributed by atoms with Crippen LogP contribution in [-0.4, -0.2) is 14.6 Å². The molecule has 3 rings (SSSR count).